The number of carbonyl (C=O) groups is 1. The van der Waals surface area contributed by atoms with E-state index in [1.807, 2.05) is 0 Å². The molecule has 0 aromatic heterocycles. The second kappa shape index (κ2) is 5.64. The second-order valence-electron chi connectivity index (χ2n) is 4.12. The molecular formula is C12H13F5N2O. The zero-order valence-corrected chi connectivity index (χ0v) is 10.5. The molecule has 0 heterocycles. The quantitative estimate of drug-likeness (QED) is 0.685. The van der Waals surface area contributed by atoms with Crippen molar-refractivity contribution in [1.29, 1.82) is 0 Å². The SMILES string of the molecule is CCCN(C(=O)C(F)(F)C(F)(F)F)c1ccc(N)cc1. The minimum absolute atomic E-state index is 0.0602. The Morgan fingerprint density at radius 3 is 2.05 bits per heavy atom. The molecule has 20 heavy (non-hydrogen) atoms. The topological polar surface area (TPSA) is 46.3 Å². The molecule has 0 saturated carbocycles. The monoisotopic (exact) mass is 296 g/mol. The molecule has 0 atom stereocenters. The average Bonchev–Trinajstić information content (AvgIpc) is 2.35. The number of nitrogens with two attached hydrogens (primary N) is 1. The fourth-order valence-electron chi connectivity index (χ4n) is 1.52. The number of nitrogen functional groups attached to an aromatic ring is 1. The molecule has 1 rings (SSSR count). The van der Waals surface area contributed by atoms with Gasteiger partial charge in [0.1, 0.15) is 0 Å². The Balaban J connectivity index is 3.14. The van der Waals surface area contributed by atoms with E-state index >= 15 is 0 Å². The zero-order chi connectivity index (χ0) is 15.6. The van der Waals surface area contributed by atoms with Crippen LogP contribution in [0.3, 0.4) is 0 Å². The number of hydrogen-bond donors (Lipinski definition) is 1. The highest BCUT2D eigenvalue weighted by Gasteiger charge is 2.64. The van der Waals surface area contributed by atoms with E-state index in [-0.39, 0.29) is 18.7 Å². The van der Waals surface area contributed by atoms with Crippen molar-refractivity contribution in [3.63, 3.8) is 0 Å². The average molecular weight is 296 g/mol. The van der Waals surface area contributed by atoms with E-state index in [1.165, 1.54) is 24.3 Å². The van der Waals surface area contributed by atoms with Crippen LogP contribution in [0, 0.1) is 0 Å². The zero-order valence-electron chi connectivity index (χ0n) is 10.5. The van der Waals surface area contributed by atoms with E-state index in [9.17, 15) is 26.7 Å². The summed E-state index contributed by atoms with van der Waals surface area (Å²) in [6.45, 7) is 1.30. The third-order valence-electron chi connectivity index (χ3n) is 2.52. The smallest absolute Gasteiger partial charge is 0.399 e. The molecule has 0 aliphatic rings. The Labute approximate surface area is 112 Å². The molecule has 1 aromatic carbocycles. The summed E-state index contributed by atoms with van der Waals surface area (Å²) in [6.07, 6.45) is -5.70. The van der Waals surface area contributed by atoms with E-state index in [1.54, 1.807) is 6.92 Å². The standard InChI is InChI=1S/C12H13F5N2O/c1-2-7-19(9-5-3-8(18)4-6-9)10(20)11(13,14)12(15,16)17/h3-6H,2,7,18H2,1H3. The largest absolute Gasteiger partial charge is 0.463 e. The fraction of sp³-hybridized carbons (Fsp3) is 0.417. The molecule has 1 amide bonds. The summed E-state index contributed by atoms with van der Waals surface area (Å²) in [7, 11) is 0. The molecule has 3 nitrogen and oxygen atoms in total. The van der Waals surface area contributed by atoms with Crippen molar-refractivity contribution < 1.29 is 26.7 Å². The fourth-order valence-corrected chi connectivity index (χ4v) is 1.52. The molecule has 1 aromatic rings. The van der Waals surface area contributed by atoms with Crippen molar-refractivity contribution >= 4 is 17.3 Å². The molecule has 0 saturated heterocycles. The van der Waals surface area contributed by atoms with Crippen molar-refractivity contribution in [1.82, 2.24) is 0 Å². The molecule has 2 N–H and O–H groups in total. The van der Waals surface area contributed by atoms with Crippen molar-refractivity contribution in [2.24, 2.45) is 0 Å². The van der Waals surface area contributed by atoms with Gasteiger partial charge in [-0.2, -0.15) is 22.0 Å². The number of benzene rings is 1. The Bertz CT molecular complexity index is 470. The first-order valence-corrected chi connectivity index (χ1v) is 5.73. The molecule has 0 radical (unpaired) electrons. The molecule has 0 aliphatic carbocycles. The van der Waals surface area contributed by atoms with Crippen LogP contribution in [0.15, 0.2) is 24.3 Å². The molecule has 0 bridgehead atoms. The Hall–Kier alpha value is -1.86. The van der Waals surface area contributed by atoms with Crippen LogP contribution in [0.5, 0.6) is 0 Å². The summed E-state index contributed by atoms with van der Waals surface area (Å²) < 4.78 is 63.0. The van der Waals surface area contributed by atoms with Gasteiger partial charge in [-0.25, -0.2) is 0 Å². The maximum Gasteiger partial charge on any atom is 0.463 e. The highest BCUT2D eigenvalue weighted by Crippen LogP contribution is 2.38. The molecule has 0 fully saturated rings. The van der Waals surface area contributed by atoms with Gasteiger partial charge in [0, 0.05) is 17.9 Å². The van der Waals surface area contributed by atoms with E-state index in [2.05, 4.69) is 0 Å². The second-order valence-corrected chi connectivity index (χ2v) is 4.12. The van der Waals surface area contributed by atoms with Gasteiger partial charge in [-0.1, -0.05) is 6.92 Å². The van der Waals surface area contributed by atoms with Crippen molar-refractivity contribution in [2.45, 2.75) is 25.4 Å². The van der Waals surface area contributed by atoms with Gasteiger partial charge in [-0.15, -0.1) is 0 Å². The lowest BCUT2D eigenvalue weighted by molar-refractivity contribution is -0.268. The summed E-state index contributed by atoms with van der Waals surface area (Å²) in [5.41, 5.74) is 5.65. The third-order valence-corrected chi connectivity index (χ3v) is 2.52. The van der Waals surface area contributed by atoms with Gasteiger partial charge in [0.15, 0.2) is 0 Å². The molecule has 0 unspecified atom stereocenters. The summed E-state index contributed by atoms with van der Waals surface area (Å²) in [5.74, 6) is -7.72. The van der Waals surface area contributed by atoms with Crippen LogP contribution in [-0.2, 0) is 4.79 Å². The predicted molar refractivity (Wildman–Crippen MR) is 64.5 cm³/mol. The van der Waals surface area contributed by atoms with Gasteiger partial charge >= 0.3 is 18.0 Å². The predicted octanol–water partition coefficient (Wildman–Crippen LogP) is 3.21. The Morgan fingerprint density at radius 1 is 1.15 bits per heavy atom. The van der Waals surface area contributed by atoms with E-state index < -0.39 is 18.0 Å². The van der Waals surface area contributed by atoms with Crippen LogP contribution in [0.1, 0.15) is 13.3 Å². The van der Waals surface area contributed by atoms with E-state index in [4.69, 9.17) is 5.73 Å². The minimum Gasteiger partial charge on any atom is -0.399 e. The molecule has 0 spiro atoms. The molecule has 8 heteroatoms. The van der Waals surface area contributed by atoms with Crippen LogP contribution in [0.2, 0.25) is 0 Å². The number of amides is 1. The van der Waals surface area contributed by atoms with E-state index in [0.717, 1.165) is 0 Å². The summed E-state index contributed by atoms with van der Waals surface area (Å²) in [4.78, 5) is 11.9. The number of halogens is 5. The van der Waals surface area contributed by atoms with Crippen LogP contribution in [0.4, 0.5) is 33.3 Å². The highest BCUT2D eigenvalue weighted by molar-refractivity contribution is 5.99. The maximum atomic E-state index is 13.1. The van der Waals surface area contributed by atoms with Crippen molar-refractivity contribution in [3.8, 4) is 0 Å². The number of hydrogen-bond acceptors (Lipinski definition) is 2. The number of alkyl halides is 5. The molecule has 0 aliphatic heterocycles. The van der Waals surface area contributed by atoms with Crippen molar-refractivity contribution in [3.05, 3.63) is 24.3 Å². The Morgan fingerprint density at radius 2 is 1.65 bits per heavy atom. The summed E-state index contributed by atoms with van der Waals surface area (Å²) in [6, 6.07) is 5.07. The van der Waals surface area contributed by atoms with Crippen LogP contribution < -0.4 is 10.6 Å². The number of rotatable bonds is 4. The van der Waals surface area contributed by atoms with Gasteiger partial charge in [0.05, 0.1) is 0 Å². The third kappa shape index (κ3) is 3.17. The summed E-state index contributed by atoms with van der Waals surface area (Å²) in [5, 5.41) is 0. The number of anilines is 2. The summed E-state index contributed by atoms with van der Waals surface area (Å²) >= 11 is 0. The Kier molecular flexibility index (Phi) is 4.57. The van der Waals surface area contributed by atoms with Gasteiger partial charge in [0.25, 0.3) is 0 Å². The van der Waals surface area contributed by atoms with Gasteiger partial charge < -0.3 is 10.6 Å². The lowest BCUT2D eigenvalue weighted by Gasteiger charge is -2.28. The highest BCUT2D eigenvalue weighted by atomic mass is 19.4. The van der Waals surface area contributed by atoms with Crippen LogP contribution in [-0.4, -0.2) is 24.6 Å². The molecular weight excluding hydrogens is 283 g/mol. The van der Waals surface area contributed by atoms with Crippen LogP contribution >= 0.6 is 0 Å². The van der Waals surface area contributed by atoms with E-state index in [0.29, 0.717) is 10.6 Å². The lowest BCUT2D eigenvalue weighted by atomic mass is 10.2. The first-order valence-electron chi connectivity index (χ1n) is 5.73. The molecule has 112 valence electrons. The maximum absolute atomic E-state index is 13.1. The minimum atomic E-state index is -5.93. The number of carbonyl (C=O) groups excluding carboxylic acids is 1. The van der Waals surface area contributed by atoms with Crippen LogP contribution in [0.25, 0.3) is 0 Å². The van der Waals surface area contributed by atoms with Gasteiger partial charge in [-0.05, 0) is 30.7 Å². The first kappa shape index (κ1) is 16.2. The van der Waals surface area contributed by atoms with Gasteiger partial charge in [0.2, 0.25) is 0 Å². The lowest BCUT2D eigenvalue weighted by Crippen LogP contribution is -2.52. The normalized spacial score (nSPS) is 12.3. The number of nitrogens with zero attached hydrogens (tertiary/aromatic N) is 1. The first-order chi connectivity index (χ1) is 9.11. The van der Waals surface area contributed by atoms with Crippen molar-refractivity contribution in [2.75, 3.05) is 17.2 Å². The van der Waals surface area contributed by atoms with Gasteiger partial charge in [-0.3, -0.25) is 4.79 Å².